The molecule has 1 aliphatic heterocycles. The van der Waals surface area contributed by atoms with Crippen LogP contribution in [0.1, 0.15) is 21.5 Å². The molecule has 1 aliphatic rings. The number of imidazole rings is 1. The van der Waals surface area contributed by atoms with Gasteiger partial charge in [-0.3, -0.25) is 4.79 Å². The maximum atomic E-state index is 12.8. The summed E-state index contributed by atoms with van der Waals surface area (Å²) >= 11 is 0. The molecule has 0 atom stereocenters. The van der Waals surface area contributed by atoms with Gasteiger partial charge in [-0.1, -0.05) is 18.2 Å². The van der Waals surface area contributed by atoms with Crippen molar-refractivity contribution < 1.29 is 4.79 Å². The summed E-state index contributed by atoms with van der Waals surface area (Å²) in [5.41, 5.74) is 5.26. The average molecular weight is 383 g/mol. The number of aromatic nitrogens is 3. The van der Waals surface area contributed by atoms with Gasteiger partial charge in [0.25, 0.3) is 5.91 Å². The topological polar surface area (TPSA) is 71.8 Å². The molecule has 0 saturated heterocycles. The molecule has 5 rings (SSSR count). The molecule has 0 saturated carbocycles. The molecule has 2 aromatic carbocycles. The number of anilines is 1. The lowest BCUT2D eigenvalue weighted by molar-refractivity contribution is 0.102. The fourth-order valence-corrected chi connectivity index (χ4v) is 3.81. The van der Waals surface area contributed by atoms with Crippen molar-refractivity contribution in [2.45, 2.75) is 13.0 Å². The lowest BCUT2D eigenvalue weighted by Gasteiger charge is -2.17. The Morgan fingerprint density at radius 1 is 1.07 bits per heavy atom. The van der Waals surface area contributed by atoms with Crippen LogP contribution in [0.2, 0.25) is 0 Å². The second-order valence-corrected chi connectivity index (χ2v) is 7.39. The van der Waals surface area contributed by atoms with Crippen molar-refractivity contribution in [3.63, 3.8) is 0 Å². The molecule has 0 radical (unpaired) electrons. The summed E-state index contributed by atoms with van der Waals surface area (Å²) < 4.78 is 1.98. The highest BCUT2D eigenvalue weighted by Gasteiger charge is 2.13. The van der Waals surface area contributed by atoms with E-state index in [1.165, 1.54) is 11.1 Å². The Morgan fingerprint density at radius 3 is 2.86 bits per heavy atom. The second-order valence-electron chi connectivity index (χ2n) is 7.39. The summed E-state index contributed by atoms with van der Waals surface area (Å²) in [4.78, 5) is 21.3. The van der Waals surface area contributed by atoms with E-state index in [4.69, 9.17) is 0 Å². The largest absolute Gasteiger partial charge is 0.334 e. The van der Waals surface area contributed by atoms with Gasteiger partial charge in [-0.05, 0) is 53.7 Å². The Kier molecular flexibility index (Phi) is 4.33. The van der Waals surface area contributed by atoms with Crippen molar-refractivity contribution in [3.05, 3.63) is 77.9 Å². The quantitative estimate of drug-likeness (QED) is 0.568. The summed E-state index contributed by atoms with van der Waals surface area (Å²) in [6.45, 7) is 1.79. The number of fused-ring (bicyclic) bond motifs is 2. The van der Waals surface area contributed by atoms with E-state index in [0.29, 0.717) is 11.4 Å². The van der Waals surface area contributed by atoms with Crippen LogP contribution in [0.3, 0.4) is 0 Å². The summed E-state index contributed by atoms with van der Waals surface area (Å²) in [5.74, 6) is 0.397. The fourth-order valence-electron chi connectivity index (χ4n) is 3.81. The number of nitrogens with zero attached hydrogens (tertiary/aromatic N) is 3. The van der Waals surface area contributed by atoms with Gasteiger partial charge in [-0.25, -0.2) is 9.97 Å². The first-order chi connectivity index (χ1) is 14.2. The Labute approximate surface area is 168 Å². The highest BCUT2D eigenvalue weighted by Crippen LogP contribution is 2.25. The van der Waals surface area contributed by atoms with Gasteiger partial charge in [0, 0.05) is 36.3 Å². The zero-order chi connectivity index (χ0) is 19.8. The summed E-state index contributed by atoms with van der Waals surface area (Å²) in [5, 5.41) is 8.32. The third-order valence-electron chi connectivity index (χ3n) is 5.43. The number of amides is 1. The monoisotopic (exact) mass is 383 g/mol. The molecule has 0 bridgehead atoms. The van der Waals surface area contributed by atoms with Crippen LogP contribution < -0.4 is 10.6 Å². The normalized spacial score (nSPS) is 13.3. The Bertz CT molecular complexity index is 1230. The van der Waals surface area contributed by atoms with Crippen molar-refractivity contribution in [3.8, 4) is 11.3 Å². The van der Waals surface area contributed by atoms with E-state index in [1.807, 2.05) is 42.1 Å². The number of hydrogen-bond acceptors (Lipinski definition) is 4. The van der Waals surface area contributed by atoms with Gasteiger partial charge < -0.3 is 15.2 Å². The number of benzene rings is 2. The van der Waals surface area contributed by atoms with Gasteiger partial charge in [-0.15, -0.1) is 0 Å². The van der Waals surface area contributed by atoms with E-state index in [9.17, 15) is 4.79 Å². The minimum absolute atomic E-state index is 0.145. The van der Waals surface area contributed by atoms with Crippen LogP contribution in [0, 0.1) is 0 Å². The van der Waals surface area contributed by atoms with Gasteiger partial charge in [0.2, 0.25) is 0 Å². The number of carbonyl (C=O) groups is 1. The smallest absolute Gasteiger partial charge is 0.256 e. The van der Waals surface area contributed by atoms with E-state index in [-0.39, 0.29) is 5.91 Å². The summed E-state index contributed by atoms with van der Waals surface area (Å²) in [6, 6.07) is 14.0. The van der Waals surface area contributed by atoms with E-state index < -0.39 is 0 Å². The van der Waals surface area contributed by atoms with Gasteiger partial charge in [0.1, 0.15) is 5.82 Å². The molecule has 3 heterocycles. The lowest BCUT2D eigenvalue weighted by atomic mass is 9.98. The van der Waals surface area contributed by atoms with Crippen LogP contribution in [0.15, 0.2) is 61.2 Å². The van der Waals surface area contributed by atoms with Crippen LogP contribution in [0.4, 0.5) is 5.82 Å². The number of aryl methyl sites for hydroxylation is 1. The van der Waals surface area contributed by atoms with Crippen molar-refractivity contribution in [2.75, 3.05) is 11.9 Å². The third kappa shape index (κ3) is 3.39. The second kappa shape index (κ2) is 7.14. The number of carbonyl (C=O) groups excluding carboxylic acids is 1. The molecule has 2 aromatic heterocycles. The maximum absolute atomic E-state index is 12.8. The van der Waals surface area contributed by atoms with E-state index in [1.54, 1.807) is 12.5 Å². The minimum Gasteiger partial charge on any atom is -0.334 e. The third-order valence-corrected chi connectivity index (χ3v) is 5.43. The molecule has 144 valence electrons. The van der Waals surface area contributed by atoms with Gasteiger partial charge >= 0.3 is 0 Å². The minimum atomic E-state index is -0.145. The van der Waals surface area contributed by atoms with Crippen molar-refractivity contribution in [2.24, 2.45) is 7.05 Å². The molecule has 0 fully saturated rings. The first-order valence-corrected chi connectivity index (χ1v) is 9.68. The number of pyridine rings is 1. The van der Waals surface area contributed by atoms with Crippen LogP contribution in [-0.2, 0) is 20.0 Å². The average Bonchev–Trinajstić information content (AvgIpc) is 3.18. The highest BCUT2D eigenvalue weighted by atomic mass is 16.1. The molecular formula is C23H21N5O. The standard InChI is InChI=1S/C23H21N5O/c1-28-14-25-13-21(28)16-3-5-18-12-26-22(10-19(18)8-16)27-23(29)17-4-2-15-6-7-24-11-20(15)9-17/h2-5,8-10,12-14,24H,6-7,11H2,1H3,(H,26,27,29). The predicted molar refractivity (Wildman–Crippen MR) is 114 cm³/mol. The summed E-state index contributed by atoms with van der Waals surface area (Å²) in [6.07, 6.45) is 6.42. The van der Waals surface area contributed by atoms with Crippen molar-refractivity contribution >= 4 is 22.5 Å². The van der Waals surface area contributed by atoms with Crippen molar-refractivity contribution in [1.29, 1.82) is 0 Å². The molecule has 29 heavy (non-hydrogen) atoms. The van der Waals surface area contributed by atoms with Crippen LogP contribution in [-0.4, -0.2) is 27.0 Å². The van der Waals surface area contributed by atoms with Gasteiger partial charge in [-0.2, -0.15) is 0 Å². The molecule has 0 unspecified atom stereocenters. The zero-order valence-corrected chi connectivity index (χ0v) is 16.1. The number of nitrogens with one attached hydrogen (secondary N) is 2. The van der Waals surface area contributed by atoms with Crippen molar-refractivity contribution in [1.82, 2.24) is 19.9 Å². The Morgan fingerprint density at radius 2 is 2.00 bits per heavy atom. The Hall–Kier alpha value is -3.51. The first-order valence-electron chi connectivity index (χ1n) is 9.68. The maximum Gasteiger partial charge on any atom is 0.256 e. The molecule has 0 spiro atoms. The van der Waals surface area contributed by atoms with Crippen LogP contribution in [0.25, 0.3) is 22.0 Å². The van der Waals surface area contributed by atoms with Crippen LogP contribution >= 0.6 is 0 Å². The molecule has 6 heteroatoms. The van der Waals surface area contributed by atoms with Gasteiger partial charge in [0.15, 0.2) is 0 Å². The number of rotatable bonds is 3. The Balaban J connectivity index is 1.42. The molecular weight excluding hydrogens is 362 g/mol. The van der Waals surface area contributed by atoms with Crippen LogP contribution in [0.5, 0.6) is 0 Å². The molecule has 6 nitrogen and oxygen atoms in total. The molecule has 2 N–H and O–H groups in total. The SMILES string of the molecule is Cn1cncc1-c1ccc2cnc(NC(=O)c3ccc4c(c3)CNCC4)cc2c1. The first kappa shape index (κ1) is 17.6. The van der Waals surface area contributed by atoms with E-state index in [2.05, 4.69) is 38.8 Å². The molecule has 4 aromatic rings. The zero-order valence-electron chi connectivity index (χ0n) is 16.1. The van der Waals surface area contributed by atoms with E-state index >= 15 is 0 Å². The van der Waals surface area contributed by atoms with Gasteiger partial charge in [0.05, 0.1) is 18.2 Å². The van der Waals surface area contributed by atoms with E-state index in [0.717, 1.165) is 41.5 Å². The summed E-state index contributed by atoms with van der Waals surface area (Å²) in [7, 11) is 1.97. The molecule has 0 aliphatic carbocycles. The fraction of sp³-hybridized carbons (Fsp3) is 0.174. The molecule has 1 amide bonds. The lowest BCUT2D eigenvalue weighted by Crippen LogP contribution is -2.24. The number of hydrogen-bond donors (Lipinski definition) is 2. The predicted octanol–water partition coefficient (Wildman–Crippen LogP) is 3.53. The highest BCUT2D eigenvalue weighted by molar-refractivity contribution is 6.04.